The van der Waals surface area contributed by atoms with E-state index in [-0.39, 0.29) is 23.9 Å². The molecule has 1 aromatic heterocycles. The highest BCUT2D eigenvalue weighted by molar-refractivity contribution is 5.92. The van der Waals surface area contributed by atoms with E-state index in [2.05, 4.69) is 20.2 Å². The lowest BCUT2D eigenvalue weighted by atomic mass is 10.1. The molecule has 2 heterocycles. The number of amides is 2. The molecule has 1 saturated heterocycles. The van der Waals surface area contributed by atoms with Gasteiger partial charge in [0.15, 0.2) is 0 Å². The third-order valence-corrected chi connectivity index (χ3v) is 5.86. The summed E-state index contributed by atoms with van der Waals surface area (Å²) in [6.07, 6.45) is 10.3. The molecule has 1 N–H and O–H groups in total. The number of aromatic nitrogens is 2. The smallest absolute Gasteiger partial charge is 0.271 e. The molecule has 2 atom stereocenters. The van der Waals surface area contributed by atoms with Gasteiger partial charge in [-0.3, -0.25) is 19.5 Å². The number of carbonyl (C=O) groups is 2. The number of likely N-dealkylation sites (N-methyl/N-ethyl adjacent to an activating group) is 1. The van der Waals surface area contributed by atoms with Gasteiger partial charge in [0, 0.05) is 44.6 Å². The van der Waals surface area contributed by atoms with Crippen molar-refractivity contribution in [2.24, 2.45) is 5.92 Å². The summed E-state index contributed by atoms with van der Waals surface area (Å²) in [6, 6.07) is -0.178. The molecule has 2 fully saturated rings. The molecule has 148 valence electrons. The molecule has 1 aliphatic carbocycles. The van der Waals surface area contributed by atoms with Crippen molar-refractivity contribution in [1.82, 2.24) is 25.1 Å². The third-order valence-electron chi connectivity index (χ3n) is 5.86. The Morgan fingerprint density at radius 2 is 1.96 bits per heavy atom. The Bertz CT molecular complexity index is 629. The van der Waals surface area contributed by atoms with Crippen LogP contribution in [0.4, 0.5) is 0 Å². The number of rotatable bonds is 7. The molecule has 3 rings (SSSR count). The monoisotopic (exact) mass is 373 g/mol. The van der Waals surface area contributed by atoms with E-state index >= 15 is 0 Å². The predicted molar refractivity (Wildman–Crippen MR) is 103 cm³/mol. The first-order valence-electron chi connectivity index (χ1n) is 10.2. The molecule has 0 aromatic carbocycles. The molecular formula is C20H31N5O2. The van der Waals surface area contributed by atoms with Crippen LogP contribution in [0.5, 0.6) is 0 Å². The number of nitrogens with one attached hydrogen (secondary N) is 1. The Morgan fingerprint density at radius 1 is 1.22 bits per heavy atom. The maximum absolute atomic E-state index is 13.0. The summed E-state index contributed by atoms with van der Waals surface area (Å²) in [4.78, 5) is 37.7. The number of carbonyl (C=O) groups excluding carboxylic acids is 2. The van der Waals surface area contributed by atoms with Gasteiger partial charge >= 0.3 is 0 Å². The molecular weight excluding hydrogens is 342 g/mol. The Labute approximate surface area is 161 Å². The molecule has 0 bridgehead atoms. The first-order chi connectivity index (χ1) is 13.1. The van der Waals surface area contributed by atoms with Gasteiger partial charge in [0.05, 0.1) is 12.2 Å². The number of hydrogen-bond acceptors (Lipinski definition) is 5. The van der Waals surface area contributed by atoms with Crippen molar-refractivity contribution in [2.75, 3.05) is 26.2 Å². The average Bonchev–Trinajstić information content (AvgIpc) is 3.33. The van der Waals surface area contributed by atoms with Gasteiger partial charge in [-0.2, -0.15) is 0 Å². The van der Waals surface area contributed by atoms with Crippen LogP contribution in [-0.2, 0) is 4.79 Å². The molecule has 1 aliphatic heterocycles. The van der Waals surface area contributed by atoms with E-state index in [1.54, 1.807) is 6.20 Å². The van der Waals surface area contributed by atoms with Crippen LogP contribution < -0.4 is 5.32 Å². The third kappa shape index (κ3) is 4.83. The van der Waals surface area contributed by atoms with E-state index in [1.165, 1.54) is 38.1 Å². The normalized spacial score (nSPS) is 23.5. The van der Waals surface area contributed by atoms with Crippen molar-refractivity contribution in [2.45, 2.75) is 58.0 Å². The second-order valence-corrected chi connectivity index (χ2v) is 7.63. The number of nitrogens with zero attached hydrogens (tertiary/aromatic N) is 4. The van der Waals surface area contributed by atoms with Crippen molar-refractivity contribution in [3.63, 3.8) is 0 Å². The highest BCUT2D eigenvalue weighted by Gasteiger charge is 2.40. The zero-order chi connectivity index (χ0) is 19.2. The Morgan fingerprint density at radius 3 is 2.59 bits per heavy atom. The zero-order valence-corrected chi connectivity index (χ0v) is 16.4. The minimum absolute atomic E-state index is 0.0366. The quantitative estimate of drug-likeness (QED) is 0.787. The number of hydrogen-bond donors (Lipinski definition) is 1. The minimum Gasteiger partial charge on any atom is -0.347 e. The highest BCUT2D eigenvalue weighted by atomic mass is 16.2. The molecule has 2 aliphatic rings. The topological polar surface area (TPSA) is 78.4 Å². The molecule has 7 nitrogen and oxygen atoms in total. The fourth-order valence-corrected chi connectivity index (χ4v) is 4.41. The zero-order valence-electron chi connectivity index (χ0n) is 16.4. The summed E-state index contributed by atoms with van der Waals surface area (Å²) in [5.74, 6) is 0.644. The van der Waals surface area contributed by atoms with Gasteiger partial charge in [0.25, 0.3) is 5.91 Å². The van der Waals surface area contributed by atoms with E-state index in [1.807, 2.05) is 18.7 Å². The summed E-state index contributed by atoms with van der Waals surface area (Å²) in [5.41, 5.74) is 0.318. The number of likely N-dealkylation sites (tertiary alicyclic amines) is 1. The average molecular weight is 374 g/mol. The fraction of sp³-hybridized carbons (Fsp3) is 0.700. The maximum atomic E-state index is 13.0. The van der Waals surface area contributed by atoms with Crippen LogP contribution in [0.1, 0.15) is 56.4 Å². The Kier molecular flexibility index (Phi) is 6.77. The molecule has 1 aromatic rings. The Balaban J connectivity index is 1.68. The predicted octanol–water partition coefficient (Wildman–Crippen LogP) is 1.71. The molecule has 2 amide bonds. The van der Waals surface area contributed by atoms with Gasteiger partial charge in [-0.15, -0.1) is 0 Å². The standard InChI is InChI=1S/C20H31N5O2/c1-3-24(4-2)20(27)18-11-16(14-25(18)13-15-7-5-6-8-15)23-19(26)17-12-21-9-10-22-17/h9-10,12,15-16,18H,3-8,11,13-14H2,1-2H3,(H,23,26)/t16-,18+/m1/s1. The van der Waals surface area contributed by atoms with Crippen LogP contribution >= 0.6 is 0 Å². The SMILES string of the molecule is CCN(CC)C(=O)[C@@H]1C[C@@H](NC(=O)c2cnccn2)CN1CC1CCCC1. The van der Waals surface area contributed by atoms with E-state index in [0.717, 1.165) is 26.2 Å². The van der Waals surface area contributed by atoms with Gasteiger partial charge < -0.3 is 10.2 Å². The van der Waals surface area contributed by atoms with Crippen molar-refractivity contribution in [3.05, 3.63) is 24.3 Å². The summed E-state index contributed by atoms with van der Waals surface area (Å²) in [6.45, 7) is 7.16. The van der Waals surface area contributed by atoms with Crippen LogP contribution in [0, 0.1) is 5.92 Å². The molecule has 0 radical (unpaired) electrons. The second kappa shape index (κ2) is 9.26. The molecule has 1 saturated carbocycles. The second-order valence-electron chi connectivity index (χ2n) is 7.63. The lowest BCUT2D eigenvalue weighted by Crippen LogP contribution is -2.46. The van der Waals surface area contributed by atoms with Crippen LogP contribution in [0.3, 0.4) is 0 Å². The molecule has 7 heteroatoms. The van der Waals surface area contributed by atoms with Gasteiger partial charge in [-0.05, 0) is 39.0 Å². The van der Waals surface area contributed by atoms with Crippen molar-refractivity contribution < 1.29 is 9.59 Å². The van der Waals surface area contributed by atoms with Crippen LogP contribution in [-0.4, -0.2) is 69.8 Å². The highest BCUT2D eigenvalue weighted by Crippen LogP contribution is 2.29. The van der Waals surface area contributed by atoms with Gasteiger partial charge in [0.2, 0.25) is 5.91 Å². The first kappa shape index (κ1) is 19.7. The lowest BCUT2D eigenvalue weighted by molar-refractivity contribution is -0.135. The van der Waals surface area contributed by atoms with E-state index < -0.39 is 0 Å². The molecule has 0 unspecified atom stereocenters. The first-order valence-corrected chi connectivity index (χ1v) is 10.2. The summed E-state index contributed by atoms with van der Waals surface area (Å²) in [5, 5.41) is 3.06. The Hall–Kier alpha value is -2.02. The minimum atomic E-state index is -0.218. The van der Waals surface area contributed by atoms with Crippen molar-refractivity contribution >= 4 is 11.8 Å². The van der Waals surface area contributed by atoms with E-state index in [4.69, 9.17) is 0 Å². The maximum Gasteiger partial charge on any atom is 0.271 e. The van der Waals surface area contributed by atoms with Gasteiger partial charge in [-0.25, -0.2) is 4.98 Å². The van der Waals surface area contributed by atoms with Crippen molar-refractivity contribution in [3.8, 4) is 0 Å². The lowest BCUT2D eigenvalue weighted by Gasteiger charge is -2.30. The van der Waals surface area contributed by atoms with Crippen LogP contribution in [0.25, 0.3) is 0 Å². The van der Waals surface area contributed by atoms with Crippen LogP contribution in [0.15, 0.2) is 18.6 Å². The largest absolute Gasteiger partial charge is 0.347 e. The summed E-state index contributed by atoms with van der Waals surface area (Å²) >= 11 is 0. The van der Waals surface area contributed by atoms with E-state index in [0.29, 0.717) is 18.0 Å². The van der Waals surface area contributed by atoms with Crippen molar-refractivity contribution in [1.29, 1.82) is 0 Å². The summed E-state index contributed by atoms with van der Waals surface area (Å²) in [7, 11) is 0. The summed E-state index contributed by atoms with van der Waals surface area (Å²) < 4.78 is 0. The fourth-order valence-electron chi connectivity index (χ4n) is 4.41. The van der Waals surface area contributed by atoms with Gasteiger partial charge in [-0.1, -0.05) is 12.8 Å². The molecule has 0 spiro atoms. The van der Waals surface area contributed by atoms with Gasteiger partial charge in [0.1, 0.15) is 5.69 Å². The van der Waals surface area contributed by atoms with Crippen LogP contribution in [0.2, 0.25) is 0 Å². The molecule has 27 heavy (non-hydrogen) atoms. The van der Waals surface area contributed by atoms with E-state index in [9.17, 15) is 9.59 Å².